The molecule has 2 fully saturated rings. The highest BCUT2D eigenvalue weighted by molar-refractivity contribution is 5.74. The molecule has 5 rings (SSSR count). The lowest BCUT2D eigenvalue weighted by Gasteiger charge is -2.38. The number of anilines is 1. The molecule has 2 aliphatic heterocycles. The Balaban J connectivity index is 1.35. The third kappa shape index (κ3) is 3.75. The summed E-state index contributed by atoms with van der Waals surface area (Å²) in [5.74, 6) is 1.24. The first-order valence-corrected chi connectivity index (χ1v) is 10.8. The Morgan fingerprint density at radius 3 is 2.69 bits per heavy atom. The smallest absolute Gasteiger partial charge is 0.213 e. The summed E-state index contributed by atoms with van der Waals surface area (Å²) in [4.78, 5) is 15.0. The molecule has 4 heterocycles. The minimum absolute atomic E-state index is 0.0655. The van der Waals surface area contributed by atoms with Gasteiger partial charge in [-0.25, -0.2) is 14.4 Å². The van der Waals surface area contributed by atoms with Crippen LogP contribution >= 0.6 is 0 Å². The zero-order chi connectivity index (χ0) is 22.2. The van der Waals surface area contributed by atoms with Crippen LogP contribution < -0.4 is 15.0 Å². The van der Waals surface area contributed by atoms with Gasteiger partial charge in [0.25, 0.3) is 0 Å². The van der Waals surface area contributed by atoms with Crippen molar-refractivity contribution < 1.29 is 14.2 Å². The SMILES string of the molecule is COc1cc(-c2ccc(-c3cnc(N(C)[C@@H]4C[C@H]5CC[C@H](N5)[C@@H]4F)cn3)c(O)c2)ccn1. The third-order valence-corrected chi connectivity index (χ3v) is 6.60. The van der Waals surface area contributed by atoms with Gasteiger partial charge < -0.3 is 20.1 Å². The number of methoxy groups -OCH3 is 1. The summed E-state index contributed by atoms with van der Waals surface area (Å²) in [6.07, 6.45) is 6.69. The number of alkyl halides is 1. The Bertz CT molecular complexity index is 1110. The molecule has 0 amide bonds. The van der Waals surface area contributed by atoms with Crippen molar-refractivity contribution in [2.45, 2.75) is 43.6 Å². The number of fused-ring (bicyclic) bond motifs is 2. The fraction of sp³-hybridized carbons (Fsp3) is 0.375. The number of phenolic OH excluding ortho intramolecular Hbond substituents is 1. The van der Waals surface area contributed by atoms with E-state index in [0.29, 0.717) is 29.0 Å². The molecule has 32 heavy (non-hydrogen) atoms. The second kappa shape index (κ2) is 8.35. The maximum absolute atomic E-state index is 14.9. The van der Waals surface area contributed by atoms with Gasteiger partial charge in [-0.1, -0.05) is 6.07 Å². The summed E-state index contributed by atoms with van der Waals surface area (Å²) in [5.41, 5.74) is 2.87. The van der Waals surface area contributed by atoms with Gasteiger partial charge in [-0.05, 0) is 48.6 Å². The molecule has 2 N–H and O–H groups in total. The van der Waals surface area contributed by atoms with Gasteiger partial charge in [0.05, 0.1) is 31.2 Å². The van der Waals surface area contributed by atoms with Crippen molar-refractivity contribution in [3.63, 3.8) is 0 Å². The molecule has 0 radical (unpaired) electrons. The Kier molecular flexibility index (Phi) is 5.38. The summed E-state index contributed by atoms with van der Waals surface area (Å²) in [5, 5.41) is 14.0. The predicted molar refractivity (Wildman–Crippen MR) is 121 cm³/mol. The van der Waals surface area contributed by atoms with Crippen molar-refractivity contribution >= 4 is 5.82 Å². The van der Waals surface area contributed by atoms with Gasteiger partial charge in [0.15, 0.2) is 0 Å². The van der Waals surface area contributed by atoms with Crippen molar-refractivity contribution in [1.82, 2.24) is 20.3 Å². The van der Waals surface area contributed by atoms with Crippen molar-refractivity contribution in [2.75, 3.05) is 19.1 Å². The highest BCUT2D eigenvalue weighted by Crippen LogP contribution is 2.35. The Labute approximate surface area is 186 Å². The number of aromatic nitrogens is 3. The fourth-order valence-corrected chi connectivity index (χ4v) is 4.79. The molecule has 7 nitrogen and oxygen atoms in total. The second-order valence-corrected chi connectivity index (χ2v) is 8.48. The van der Waals surface area contributed by atoms with E-state index in [1.165, 1.54) is 0 Å². The van der Waals surface area contributed by atoms with E-state index >= 15 is 0 Å². The number of nitrogens with one attached hydrogen (secondary N) is 1. The number of piperidine rings is 1. The van der Waals surface area contributed by atoms with Gasteiger partial charge in [-0.2, -0.15) is 0 Å². The molecule has 8 heteroatoms. The predicted octanol–water partition coefficient (Wildman–Crippen LogP) is 3.59. The van der Waals surface area contributed by atoms with Crippen LogP contribution in [-0.2, 0) is 0 Å². The minimum atomic E-state index is -0.927. The average molecular weight is 436 g/mol. The molecular formula is C24H26FN5O2. The van der Waals surface area contributed by atoms with E-state index in [1.807, 2.05) is 36.2 Å². The van der Waals surface area contributed by atoms with Crippen LogP contribution in [0, 0.1) is 0 Å². The normalized spacial score (nSPS) is 24.3. The number of rotatable bonds is 5. The fourth-order valence-electron chi connectivity index (χ4n) is 4.79. The van der Waals surface area contributed by atoms with Crippen LogP contribution in [0.4, 0.5) is 10.2 Å². The van der Waals surface area contributed by atoms with E-state index in [0.717, 1.165) is 30.4 Å². The van der Waals surface area contributed by atoms with E-state index in [2.05, 4.69) is 20.3 Å². The molecule has 2 bridgehead atoms. The third-order valence-electron chi connectivity index (χ3n) is 6.60. The number of halogens is 1. The molecule has 0 spiro atoms. The molecule has 3 aromatic rings. The first-order valence-electron chi connectivity index (χ1n) is 10.8. The molecule has 1 aromatic carbocycles. The van der Waals surface area contributed by atoms with E-state index in [9.17, 15) is 9.50 Å². The van der Waals surface area contributed by atoms with Crippen LogP contribution in [0.2, 0.25) is 0 Å². The van der Waals surface area contributed by atoms with Crippen LogP contribution in [0.25, 0.3) is 22.4 Å². The first kappa shape index (κ1) is 20.6. The van der Waals surface area contributed by atoms with Gasteiger partial charge in [0.2, 0.25) is 5.88 Å². The lowest BCUT2D eigenvalue weighted by atomic mass is 9.96. The molecule has 0 aliphatic carbocycles. The number of hydrogen-bond acceptors (Lipinski definition) is 7. The number of phenols is 1. The standard InChI is InChI=1S/C24H26FN5O2/c1-30(20-11-16-4-6-18(29-16)24(20)25)22-13-27-19(12-28-22)17-5-3-14(9-21(17)31)15-7-8-26-23(10-15)32-2/h3,5,7-10,12-13,16,18,20,24,29,31H,4,6,11H2,1-2H3/t16-,18+,20-,24+/m1/s1. The number of aromatic hydroxyl groups is 1. The van der Waals surface area contributed by atoms with Gasteiger partial charge in [0, 0.05) is 37.0 Å². The summed E-state index contributed by atoms with van der Waals surface area (Å²) in [6.45, 7) is 0. The zero-order valence-corrected chi connectivity index (χ0v) is 18.1. The number of nitrogens with zero attached hydrogens (tertiary/aromatic N) is 4. The lowest BCUT2D eigenvalue weighted by molar-refractivity contribution is 0.176. The quantitative estimate of drug-likeness (QED) is 0.634. The van der Waals surface area contributed by atoms with Crippen LogP contribution in [-0.4, -0.2) is 58.5 Å². The minimum Gasteiger partial charge on any atom is -0.507 e. The Hall–Kier alpha value is -3.26. The molecule has 0 unspecified atom stereocenters. The number of pyridine rings is 1. The Morgan fingerprint density at radius 2 is 1.94 bits per heavy atom. The van der Waals surface area contributed by atoms with E-state index in [-0.39, 0.29) is 17.8 Å². The van der Waals surface area contributed by atoms with Crippen molar-refractivity contribution in [2.24, 2.45) is 0 Å². The number of benzene rings is 1. The van der Waals surface area contributed by atoms with E-state index in [1.54, 1.807) is 31.8 Å². The van der Waals surface area contributed by atoms with Gasteiger partial charge in [-0.15, -0.1) is 0 Å². The molecule has 2 saturated heterocycles. The lowest BCUT2D eigenvalue weighted by Crippen LogP contribution is -2.55. The van der Waals surface area contributed by atoms with Gasteiger partial charge in [-0.3, -0.25) is 4.98 Å². The van der Waals surface area contributed by atoms with Crippen LogP contribution in [0.1, 0.15) is 19.3 Å². The van der Waals surface area contributed by atoms with E-state index < -0.39 is 6.17 Å². The van der Waals surface area contributed by atoms with Crippen molar-refractivity contribution in [3.05, 3.63) is 48.9 Å². The summed E-state index contributed by atoms with van der Waals surface area (Å²) in [6, 6.07) is 9.17. The zero-order valence-electron chi connectivity index (χ0n) is 18.1. The molecule has 166 valence electrons. The number of hydrogen-bond donors (Lipinski definition) is 2. The summed E-state index contributed by atoms with van der Waals surface area (Å²) >= 11 is 0. The maximum atomic E-state index is 14.9. The molecule has 2 aromatic heterocycles. The summed E-state index contributed by atoms with van der Waals surface area (Å²) < 4.78 is 20.1. The Morgan fingerprint density at radius 1 is 1.09 bits per heavy atom. The van der Waals surface area contributed by atoms with Crippen molar-refractivity contribution in [3.8, 4) is 34.0 Å². The first-order chi connectivity index (χ1) is 15.5. The highest BCUT2D eigenvalue weighted by Gasteiger charge is 2.43. The maximum Gasteiger partial charge on any atom is 0.213 e. The topological polar surface area (TPSA) is 83.4 Å². The van der Waals surface area contributed by atoms with Gasteiger partial charge >= 0.3 is 0 Å². The molecule has 4 atom stereocenters. The number of ether oxygens (including phenoxy) is 1. The van der Waals surface area contributed by atoms with Crippen LogP contribution in [0.15, 0.2) is 48.9 Å². The van der Waals surface area contributed by atoms with Crippen LogP contribution in [0.5, 0.6) is 11.6 Å². The van der Waals surface area contributed by atoms with Crippen LogP contribution in [0.3, 0.4) is 0 Å². The molecular weight excluding hydrogens is 409 g/mol. The second-order valence-electron chi connectivity index (χ2n) is 8.48. The van der Waals surface area contributed by atoms with E-state index in [4.69, 9.17) is 4.74 Å². The molecule has 0 saturated carbocycles. The molecule has 2 aliphatic rings. The van der Waals surface area contributed by atoms with Gasteiger partial charge in [0.1, 0.15) is 17.7 Å². The largest absolute Gasteiger partial charge is 0.507 e. The highest BCUT2D eigenvalue weighted by atomic mass is 19.1. The average Bonchev–Trinajstić information content (AvgIpc) is 3.24. The monoisotopic (exact) mass is 435 g/mol. The van der Waals surface area contributed by atoms with Crippen molar-refractivity contribution in [1.29, 1.82) is 0 Å². The summed E-state index contributed by atoms with van der Waals surface area (Å²) in [7, 11) is 3.44.